The lowest BCUT2D eigenvalue weighted by atomic mass is 9.84. The van der Waals surface area contributed by atoms with Gasteiger partial charge in [0, 0.05) is 5.70 Å². The fraction of sp³-hybridized carbons (Fsp3) is 0.333. The standard InChI is InChI=1S/C18H18Cl2N2O5S/c1-8(23)7-13(28)27-18(24)14-9(2)21-10(3)17(22(25)26)15(14)11-5-4-6-12(19)16(11)20/h4-6,13,15,21,28H,7H2,1-3H3. The highest BCUT2D eigenvalue weighted by atomic mass is 35.5. The summed E-state index contributed by atoms with van der Waals surface area (Å²) in [6.45, 7) is 4.47. The van der Waals surface area contributed by atoms with Crippen molar-refractivity contribution in [3.05, 3.63) is 66.6 Å². The van der Waals surface area contributed by atoms with Crippen LogP contribution in [0.3, 0.4) is 0 Å². The number of esters is 1. The van der Waals surface area contributed by atoms with Crippen molar-refractivity contribution < 1.29 is 19.2 Å². The zero-order valence-electron chi connectivity index (χ0n) is 15.3. The number of thiol groups is 1. The Labute approximate surface area is 177 Å². The maximum atomic E-state index is 12.9. The van der Waals surface area contributed by atoms with Crippen molar-refractivity contribution in [2.45, 2.75) is 38.5 Å². The van der Waals surface area contributed by atoms with Crippen LogP contribution in [0.2, 0.25) is 10.0 Å². The van der Waals surface area contributed by atoms with Gasteiger partial charge in [-0.05, 0) is 32.4 Å². The predicted octanol–water partition coefficient (Wildman–Crippen LogP) is 4.24. The molecule has 0 saturated heterocycles. The minimum Gasteiger partial charge on any atom is -0.448 e. The zero-order valence-corrected chi connectivity index (χ0v) is 17.7. The molecule has 1 N–H and O–H groups in total. The Kier molecular flexibility index (Phi) is 7.14. The number of ketones is 1. The third-order valence-electron chi connectivity index (χ3n) is 4.14. The first-order valence-electron chi connectivity index (χ1n) is 8.19. The monoisotopic (exact) mass is 444 g/mol. The van der Waals surface area contributed by atoms with Crippen molar-refractivity contribution >= 4 is 47.6 Å². The second kappa shape index (κ2) is 8.98. The molecule has 0 spiro atoms. The number of Topliss-reactive ketones (excluding diaryl/α,β-unsaturated/α-hetero) is 1. The zero-order chi connectivity index (χ0) is 21.2. The molecule has 2 rings (SSSR count). The molecule has 1 aliphatic rings. The first-order valence-corrected chi connectivity index (χ1v) is 9.47. The molecule has 2 atom stereocenters. The van der Waals surface area contributed by atoms with Crippen LogP contribution in [0, 0.1) is 10.1 Å². The summed E-state index contributed by atoms with van der Waals surface area (Å²) in [7, 11) is 0. The van der Waals surface area contributed by atoms with Crippen LogP contribution in [-0.4, -0.2) is 22.1 Å². The van der Waals surface area contributed by atoms with Crippen LogP contribution in [0.1, 0.15) is 38.7 Å². The van der Waals surface area contributed by atoms with Crippen LogP contribution in [0.5, 0.6) is 0 Å². The number of dihydropyridines is 1. The number of rotatable bonds is 6. The molecule has 0 saturated carbocycles. The first-order chi connectivity index (χ1) is 13.0. The normalized spacial score (nSPS) is 17.9. The van der Waals surface area contributed by atoms with E-state index < -0.39 is 22.2 Å². The first kappa shape index (κ1) is 22.3. The molecule has 0 aromatic heterocycles. The number of carbonyl (C=O) groups is 2. The number of hydrogen-bond acceptors (Lipinski definition) is 7. The van der Waals surface area contributed by atoms with E-state index in [2.05, 4.69) is 17.9 Å². The highest BCUT2D eigenvalue weighted by Gasteiger charge is 2.42. The molecule has 0 aliphatic carbocycles. The molecule has 1 heterocycles. The molecule has 1 aromatic rings. The van der Waals surface area contributed by atoms with Crippen LogP contribution in [0.4, 0.5) is 0 Å². The molecule has 7 nitrogen and oxygen atoms in total. The number of benzene rings is 1. The van der Waals surface area contributed by atoms with Crippen molar-refractivity contribution in [3.8, 4) is 0 Å². The van der Waals surface area contributed by atoms with Gasteiger partial charge in [0.05, 0.1) is 32.7 Å². The largest absolute Gasteiger partial charge is 0.448 e. The highest BCUT2D eigenvalue weighted by molar-refractivity contribution is 7.80. The van der Waals surface area contributed by atoms with E-state index in [4.69, 9.17) is 27.9 Å². The minimum atomic E-state index is -1.10. The Morgan fingerprint density at radius 1 is 1.32 bits per heavy atom. The summed E-state index contributed by atoms with van der Waals surface area (Å²) in [5.41, 5.74) is -0.279. The van der Waals surface area contributed by atoms with Crippen molar-refractivity contribution in [2.75, 3.05) is 0 Å². The van der Waals surface area contributed by atoms with Crippen LogP contribution < -0.4 is 5.32 Å². The number of nitrogens with one attached hydrogen (secondary N) is 1. The maximum Gasteiger partial charge on any atom is 0.338 e. The van der Waals surface area contributed by atoms with Gasteiger partial charge in [-0.3, -0.25) is 14.9 Å². The fourth-order valence-electron chi connectivity index (χ4n) is 3.02. The Bertz CT molecular complexity index is 913. The number of ether oxygens (including phenoxy) is 1. The number of nitro groups is 1. The van der Waals surface area contributed by atoms with Gasteiger partial charge in [-0.1, -0.05) is 35.3 Å². The summed E-state index contributed by atoms with van der Waals surface area (Å²) >= 11 is 16.5. The number of carbonyl (C=O) groups excluding carboxylic acids is 2. The van der Waals surface area contributed by atoms with Gasteiger partial charge < -0.3 is 10.1 Å². The van der Waals surface area contributed by atoms with Gasteiger partial charge in [-0.2, -0.15) is 0 Å². The summed E-state index contributed by atoms with van der Waals surface area (Å²) in [6.07, 6.45) is -0.0891. The summed E-state index contributed by atoms with van der Waals surface area (Å²) in [4.78, 5) is 35.3. The lowest BCUT2D eigenvalue weighted by molar-refractivity contribution is -0.431. The van der Waals surface area contributed by atoms with Gasteiger partial charge >= 0.3 is 5.97 Å². The van der Waals surface area contributed by atoms with E-state index in [9.17, 15) is 19.7 Å². The Morgan fingerprint density at radius 3 is 2.54 bits per heavy atom. The molecule has 1 aromatic carbocycles. The van der Waals surface area contributed by atoms with Gasteiger partial charge in [0.15, 0.2) is 5.44 Å². The second-order valence-electron chi connectivity index (χ2n) is 6.27. The number of halogens is 2. The second-order valence-corrected chi connectivity index (χ2v) is 7.63. The Balaban J connectivity index is 2.59. The number of nitrogens with zero attached hydrogens (tertiary/aromatic N) is 1. The van der Waals surface area contributed by atoms with Crippen molar-refractivity contribution in [2.24, 2.45) is 0 Å². The van der Waals surface area contributed by atoms with Gasteiger partial charge in [0.2, 0.25) is 0 Å². The topological polar surface area (TPSA) is 98.5 Å². The SMILES string of the molecule is CC(=O)CC(S)OC(=O)C1=C(C)NC(C)=C([N+](=O)[O-])C1c1cccc(Cl)c1Cl. The molecule has 28 heavy (non-hydrogen) atoms. The van der Waals surface area contributed by atoms with E-state index in [1.807, 2.05) is 0 Å². The lowest BCUT2D eigenvalue weighted by Gasteiger charge is -2.27. The molecule has 2 unspecified atom stereocenters. The highest BCUT2D eigenvalue weighted by Crippen LogP contribution is 2.43. The van der Waals surface area contributed by atoms with Crippen LogP contribution in [0.25, 0.3) is 0 Å². The van der Waals surface area contributed by atoms with Gasteiger partial charge in [0.25, 0.3) is 5.70 Å². The van der Waals surface area contributed by atoms with Gasteiger partial charge in [-0.25, -0.2) is 4.79 Å². The Morgan fingerprint density at radius 2 is 1.96 bits per heavy atom. The van der Waals surface area contributed by atoms with E-state index in [0.29, 0.717) is 11.3 Å². The van der Waals surface area contributed by atoms with E-state index in [0.717, 1.165) is 0 Å². The molecule has 1 aliphatic heterocycles. The number of allylic oxidation sites excluding steroid dienone is 3. The van der Waals surface area contributed by atoms with Crippen LogP contribution in [0.15, 0.2) is 40.9 Å². The summed E-state index contributed by atoms with van der Waals surface area (Å²) < 4.78 is 5.24. The molecular formula is C18H18Cl2N2O5S. The quantitative estimate of drug-likeness (QED) is 0.224. The molecule has 0 amide bonds. The maximum absolute atomic E-state index is 12.9. The van der Waals surface area contributed by atoms with Crippen LogP contribution in [-0.2, 0) is 14.3 Å². The van der Waals surface area contributed by atoms with Gasteiger partial charge in [-0.15, -0.1) is 12.6 Å². The minimum absolute atomic E-state index is 0.00377. The average Bonchev–Trinajstić information content (AvgIpc) is 2.55. The van der Waals surface area contributed by atoms with Gasteiger partial charge in [0.1, 0.15) is 11.7 Å². The third-order valence-corrected chi connectivity index (χ3v) is 5.26. The molecule has 0 bridgehead atoms. The van der Waals surface area contributed by atoms with E-state index >= 15 is 0 Å². The Hall–Kier alpha value is -2.03. The average molecular weight is 445 g/mol. The molecule has 0 fully saturated rings. The molecule has 10 heteroatoms. The summed E-state index contributed by atoms with van der Waals surface area (Å²) in [5.74, 6) is -2.15. The van der Waals surface area contributed by atoms with Crippen molar-refractivity contribution in [3.63, 3.8) is 0 Å². The lowest BCUT2D eigenvalue weighted by Crippen LogP contribution is -2.32. The van der Waals surface area contributed by atoms with E-state index in [1.54, 1.807) is 25.1 Å². The summed E-state index contributed by atoms with van der Waals surface area (Å²) in [5, 5.41) is 14.9. The van der Waals surface area contributed by atoms with Crippen molar-refractivity contribution in [1.29, 1.82) is 0 Å². The van der Waals surface area contributed by atoms with E-state index in [-0.39, 0.29) is 39.2 Å². The predicted molar refractivity (Wildman–Crippen MR) is 109 cm³/mol. The van der Waals surface area contributed by atoms with Crippen molar-refractivity contribution in [1.82, 2.24) is 5.32 Å². The van der Waals surface area contributed by atoms with Crippen LogP contribution >= 0.6 is 35.8 Å². The molecule has 0 radical (unpaired) electrons. The smallest absolute Gasteiger partial charge is 0.338 e. The number of hydrogen-bond donors (Lipinski definition) is 2. The fourth-order valence-corrected chi connectivity index (χ4v) is 3.79. The molecule has 150 valence electrons. The molecular weight excluding hydrogens is 427 g/mol. The summed E-state index contributed by atoms with van der Waals surface area (Å²) in [6, 6.07) is 4.70. The van der Waals surface area contributed by atoms with E-state index in [1.165, 1.54) is 13.8 Å². The third kappa shape index (κ3) is 4.68.